The van der Waals surface area contributed by atoms with Crippen molar-refractivity contribution < 1.29 is 4.42 Å². The molecule has 1 heterocycles. The Morgan fingerprint density at radius 2 is 0.732 bits per heavy atom. The summed E-state index contributed by atoms with van der Waals surface area (Å²) >= 11 is 0. The van der Waals surface area contributed by atoms with Crippen molar-refractivity contribution in [2.45, 2.75) is 0 Å². The third-order valence-electron chi connectivity index (χ3n) is 10.7. The largest absolute Gasteiger partial charge is 0.455 e. The first-order valence-corrected chi connectivity index (χ1v) is 19.1. The molecule has 0 saturated heterocycles. The fourth-order valence-corrected chi connectivity index (χ4v) is 7.96. The Hall–Kier alpha value is -7.42. The fourth-order valence-electron chi connectivity index (χ4n) is 7.96. The molecule has 0 fully saturated rings. The number of para-hydroxylation sites is 1. The van der Waals surface area contributed by atoms with Crippen molar-refractivity contribution in [2.24, 2.45) is 0 Å². The monoisotopic (exact) mass is 715 g/mol. The first kappa shape index (κ1) is 33.2. The first-order chi connectivity index (χ1) is 27.8. The number of hydrogen-bond donors (Lipinski definition) is 0. The van der Waals surface area contributed by atoms with Gasteiger partial charge in [-0.2, -0.15) is 0 Å². The van der Waals surface area contributed by atoms with E-state index in [2.05, 4.69) is 223 Å². The minimum atomic E-state index is 0.870. The normalized spacial score (nSPS) is 11.2. The Morgan fingerprint density at radius 1 is 0.304 bits per heavy atom. The summed E-state index contributed by atoms with van der Waals surface area (Å²) < 4.78 is 6.72. The van der Waals surface area contributed by atoms with Crippen molar-refractivity contribution in [2.75, 3.05) is 4.90 Å². The van der Waals surface area contributed by atoms with Crippen molar-refractivity contribution >= 4 is 39.0 Å². The third-order valence-corrected chi connectivity index (χ3v) is 10.7. The average molecular weight is 716 g/mol. The van der Waals surface area contributed by atoms with Crippen molar-refractivity contribution in [1.29, 1.82) is 0 Å². The number of furan rings is 1. The SMILES string of the molecule is c1ccc(-c2ccc(N(c3ccc(-c4ccc(-c5ccccc5)c(-c5ccccc5)c4)cc3)c3ccc(-c4ccccc4)c4oc5ccccc5c34)cc2)cc1. The highest BCUT2D eigenvalue weighted by Crippen LogP contribution is 2.46. The average Bonchev–Trinajstić information content (AvgIpc) is 3.68. The van der Waals surface area contributed by atoms with Crippen molar-refractivity contribution in [3.63, 3.8) is 0 Å². The topological polar surface area (TPSA) is 16.4 Å². The Morgan fingerprint density at radius 3 is 1.32 bits per heavy atom. The lowest BCUT2D eigenvalue weighted by atomic mass is 9.91. The maximum absolute atomic E-state index is 6.72. The van der Waals surface area contributed by atoms with E-state index in [-0.39, 0.29) is 0 Å². The zero-order valence-corrected chi connectivity index (χ0v) is 30.7. The number of benzene rings is 9. The van der Waals surface area contributed by atoms with Crippen molar-refractivity contribution in [1.82, 2.24) is 0 Å². The number of anilines is 3. The predicted molar refractivity (Wildman–Crippen MR) is 236 cm³/mol. The molecule has 0 spiro atoms. The highest BCUT2D eigenvalue weighted by Gasteiger charge is 2.22. The van der Waals surface area contributed by atoms with Crippen LogP contribution in [0.3, 0.4) is 0 Å². The second kappa shape index (κ2) is 14.4. The fraction of sp³-hybridized carbons (Fsp3) is 0. The third kappa shape index (κ3) is 6.14. The number of rotatable bonds is 8. The van der Waals surface area contributed by atoms with Crippen LogP contribution >= 0.6 is 0 Å². The summed E-state index contributed by atoms with van der Waals surface area (Å²) in [6.45, 7) is 0. The summed E-state index contributed by atoms with van der Waals surface area (Å²) in [5.74, 6) is 0. The van der Waals surface area contributed by atoms with Crippen LogP contribution in [-0.4, -0.2) is 0 Å². The van der Waals surface area contributed by atoms with Crippen LogP contribution in [0.15, 0.2) is 229 Å². The molecule has 0 N–H and O–H groups in total. The molecule has 0 aliphatic rings. The molecule has 0 unspecified atom stereocenters. The Balaban J connectivity index is 1.13. The van der Waals surface area contributed by atoms with Gasteiger partial charge in [0.1, 0.15) is 11.2 Å². The first-order valence-electron chi connectivity index (χ1n) is 19.1. The Labute approximate surface area is 327 Å². The summed E-state index contributed by atoms with van der Waals surface area (Å²) in [4.78, 5) is 2.37. The molecule has 1 aromatic heterocycles. The molecule has 264 valence electrons. The van der Waals surface area contributed by atoms with Gasteiger partial charge in [0.25, 0.3) is 0 Å². The van der Waals surface area contributed by atoms with Gasteiger partial charge in [0.15, 0.2) is 0 Å². The summed E-state index contributed by atoms with van der Waals surface area (Å²) in [6.07, 6.45) is 0. The minimum absolute atomic E-state index is 0.870. The van der Waals surface area contributed by atoms with Crippen molar-refractivity contribution in [3.05, 3.63) is 224 Å². The van der Waals surface area contributed by atoms with Crippen LogP contribution in [0.1, 0.15) is 0 Å². The molecule has 10 rings (SSSR count). The second-order valence-electron chi connectivity index (χ2n) is 14.1. The van der Waals surface area contributed by atoms with Gasteiger partial charge in [-0.25, -0.2) is 0 Å². The van der Waals surface area contributed by atoms with Crippen LogP contribution in [0.5, 0.6) is 0 Å². The van der Waals surface area contributed by atoms with Crippen LogP contribution in [0.4, 0.5) is 17.1 Å². The molecular weight excluding hydrogens is 679 g/mol. The van der Waals surface area contributed by atoms with Gasteiger partial charge in [-0.15, -0.1) is 0 Å². The highest BCUT2D eigenvalue weighted by atomic mass is 16.3. The maximum Gasteiger partial charge on any atom is 0.145 e. The van der Waals surface area contributed by atoms with E-state index in [1.54, 1.807) is 0 Å². The van der Waals surface area contributed by atoms with Crippen LogP contribution in [0, 0.1) is 0 Å². The molecule has 0 saturated carbocycles. The number of nitrogens with zero attached hydrogens (tertiary/aromatic N) is 1. The molecule has 9 aromatic carbocycles. The lowest BCUT2D eigenvalue weighted by molar-refractivity contribution is 0.670. The van der Waals surface area contributed by atoms with Gasteiger partial charge >= 0.3 is 0 Å². The van der Waals surface area contributed by atoms with Gasteiger partial charge < -0.3 is 9.32 Å². The maximum atomic E-state index is 6.72. The quantitative estimate of drug-likeness (QED) is 0.156. The van der Waals surface area contributed by atoms with Gasteiger partial charge in [0.2, 0.25) is 0 Å². The van der Waals surface area contributed by atoms with E-state index in [4.69, 9.17) is 4.42 Å². The molecular formula is C54H37NO. The Bertz CT molecular complexity index is 2920. The van der Waals surface area contributed by atoms with Gasteiger partial charge in [-0.3, -0.25) is 0 Å². The summed E-state index contributed by atoms with van der Waals surface area (Å²) in [7, 11) is 0. The molecule has 0 amide bonds. The van der Waals surface area contributed by atoms with Gasteiger partial charge in [0.05, 0.1) is 11.1 Å². The molecule has 0 aliphatic carbocycles. The van der Waals surface area contributed by atoms with E-state index in [0.29, 0.717) is 0 Å². The molecule has 2 heteroatoms. The molecule has 0 radical (unpaired) electrons. The van der Waals surface area contributed by atoms with E-state index in [1.165, 1.54) is 38.9 Å². The van der Waals surface area contributed by atoms with Crippen LogP contribution in [0.25, 0.3) is 77.6 Å². The molecule has 0 atom stereocenters. The van der Waals surface area contributed by atoms with Crippen molar-refractivity contribution in [3.8, 4) is 55.6 Å². The summed E-state index contributed by atoms with van der Waals surface area (Å²) in [5, 5.41) is 2.17. The van der Waals surface area contributed by atoms with E-state index in [9.17, 15) is 0 Å². The van der Waals surface area contributed by atoms with Crippen LogP contribution in [0.2, 0.25) is 0 Å². The van der Waals surface area contributed by atoms with E-state index in [1.807, 2.05) is 6.07 Å². The Kier molecular flexibility index (Phi) is 8.55. The zero-order chi connectivity index (χ0) is 37.3. The summed E-state index contributed by atoms with van der Waals surface area (Å²) in [5.41, 5.74) is 16.7. The second-order valence-corrected chi connectivity index (χ2v) is 14.1. The van der Waals surface area contributed by atoms with Gasteiger partial charge in [0, 0.05) is 22.3 Å². The number of fused-ring (bicyclic) bond motifs is 3. The molecule has 0 aliphatic heterocycles. The van der Waals surface area contributed by atoms with Gasteiger partial charge in [-0.1, -0.05) is 176 Å². The minimum Gasteiger partial charge on any atom is -0.455 e. The lowest BCUT2D eigenvalue weighted by Crippen LogP contribution is -2.10. The molecule has 10 aromatic rings. The van der Waals surface area contributed by atoms with Crippen LogP contribution in [-0.2, 0) is 0 Å². The highest BCUT2D eigenvalue weighted by molar-refractivity contribution is 6.17. The van der Waals surface area contributed by atoms with Crippen LogP contribution < -0.4 is 4.90 Å². The summed E-state index contributed by atoms with van der Waals surface area (Å²) in [6, 6.07) is 79.9. The number of hydrogen-bond acceptors (Lipinski definition) is 2. The molecule has 0 bridgehead atoms. The predicted octanol–water partition coefficient (Wildman–Crippen LogP) is 15.4. The van der Waals surface area contributed by atoms with E-state index < -0.39 is 0 Å². The molecule has 56 heavy (non-hydrogen) atoms. The van der Waals surface area contributed by atoms with E-state index >= 15 is 0 Å². The standard InChI is InChI=1S/C54H37NO/c1-5-15-38(16-6-1)39-25-30-45(31-26-39)55(51-36-35-48(42-19-9-3-10-20-42)54-53(51)49-23-13-14-24-52(49)56-54)46-32-27-40(28-33-46)44-29-34-47(41-17-7-2-8-18-41)50(37-44)43-21-11-4-12-22-43/h1-37H. The van der Waals surface area contributed by atoms with E-state index in [0.717, 1.165) is 55.7 Å². The van der Waals surface area contributed by atoms with Gasteiger partial charge in [-0.05, 0) is 98.6 Å². The molecule has 2 nitrogen and oxygen atoms in total. The zero-order valence-electron chi connectivity index (χ0n) is 30.7. The lowest BCUT2D eigenvalue weighted by Gasteiger charge is -2.27. The smallest absolute Gasteiger partial charge is 0.145 e.